The van der Waals surface area contributed by atoms with E-state index in [1.54, 1.807) is 18.3 Å². The standard InChI is InChI=1S/C26H41N3O7/c1-7-15(2)8-9-19(30)14-18-12-13-29(26(33)27-18)21-11-10-20(16(3)34-21)36-25-24(32)23(31)22(28(5)6)17(4)35-25/h8-9,12-13,15-17,20-25,31-32H,7,10-11,14H2,1-6H3/b9-8+. The van der Waals surface area contributed by atoms with Crippen LogP contribution in [0.2, 0.25) is 0 Å². The largest absolute Gasteiger partial charge is 0.388 e. The summed E-state index contributed by atoms with van der Waals surface area (Å²) in [5.74, 6) is 0.232. The number of allylic oxidation sites excluding steroid dienone is 2. The lowest BCUT2D eigenvalue weighted by Gasteiger charge is -2.46. The molecule has 0 amide bonds. The molecule has 0 spiro atoms. The number of hydrogen-bond acceptors (Lipinski definition) is 9. The summed E-state index contributed by atoms with van der Waals surface area (Å²) in [6.07, 6.45) is 2.32. The average Bonchev–Trinajstić information content (AvgIpc) is 2.82. The van der Waals surface area contributed by atoms with Crippen LogP contribution in [0, 0.1) is 5.92 Å². The summed E-state index contributed by atoms with van der Waals surface area (Å²) in [6, 6.07) is 1.32. The van der Waals surface area contributed by atoms with E-state index in [0.717, 1.165) is 6.42 Å². The van der Waals surface area contributed by atoms with Crippen molar-refractivity contribution in [3.8, 4) is 0 Å². The van der Waals surface area contributed by atoms with Crippen LogP contribution in [0.4, 0.5) is 0 Å². The minimum absolute atomic E-state index is 0.0729. The Morgan fingerprint density at radius 2 is 1.97 bits per heavy atom. The molecule has 0 aromatic carbocycles. The molecule has 0 bridgehead atoms. The summed E-state index contributed by atoms with van der Waals surface area (Å²) in [4.78, 5) is 30.7. The maximum absolute atomic E-state index is 12.7. The van der Waals surface area contributed by atoms with Gasteiger partial charge in [0.25, 0.3) is 0 Å². The SMILES string of the molecule is CCC(C)/C=C/C(=O)Cc1ccn(C2CCC(OC3OC(C)C(N(C)C)C(O)C3O)C(C)O2)c(=O)n1. The van der Waals surface area contributed by atoms with Crippen molar-refractivity contribution in [1.82, 2.24) is 14.5 Å². The smallest absolute Gasteiger partial charge is 0.349 e. The number of rotatable bonds is 9. The maximum atomic E-state index is 12.7. The molecule has 3 heterocycles. The van der Waals surface area contributed by atoms with Gasteiger partial charge in [-0.2, -0.15) is 4.98 Å². The first-order chi connectivity index (χ1) is 17.0. The third-order valence-corrected chi connectivity index (χ3v) is 7.11. The van der Waals surface area contributed by atoms with Gasteiger partial charge in [-0.15, -0.1) is 0 Å². The molecule has 9 atom stereocenters. The first kappa shape index (κ1) is 28.6. The highest BCUT2D eigenvalue weighted by atomic mass is 16.7. The fraction of sp³-hybridized carbons (Fsp3) is 0.731. The normalized spacial score (nSPS) is 34.2. The Labute approximate surface area is 212 Å². The number of carbonyl (C=O) groups excluding carboxylic acids is 1. The van der Waals surface area contributed by atoms with Crippen molar-refractivity contribution in [3.05, 3.63) is 40.6 Å². The topological polar surface area (TPSA) is 123 Å². The van der Waals surface area contributed by atoms with Crippen molar-refractivity contribution in [3.63, 3.8) is 0 Å². The number of hydrogen-bond donors (Lipinski definition) is 2. The number of carbonyl (C=O) groups is 1. The van der Waals surface area contributed by atoms with Crippen molar-refractivity contribution in [2.45, 2.75) is 102 Å². The Bertz CT molecular complexity index is 965. The van der Waals surface area contributed by atoms with E-state index < -0.39 is 36.5 Å². The van der Waals surface area contributed by atoms with Gasteiger partial charge in [0.15, 0.2) is 12.1 Å². The lowest BCUT2D eigenvalue weighted by molar-refractivity contribution is -0.310. The molecule has 0 radical (unpaired) electrons. The highest BCUT2D eigenvalue weighted by Gasteiger charge is 2.46. The number of nitrogens with zero attached hydrogens (tertiary/aromatic N) is 3. The highest BCUT2D eigenvalue weighted by Crippen LogP contribution is 2.32. The molecule has 2 fully saturated rings. The van der Waals surface area contributed by atoms with E-state index in [1.165, 1.54) is 4.57 Å². The van der Waals surface area contributed by atoms with E-state index in [4.69, 9.17) is 14.2 Å². The first-order valence-electron chi connectivity index (χ1n) is 12.8. The van der Waals surface area contributed by atoms with Crippen molar-refractivity contribution in [2.75, 3.05) is 14.1 Å². The molecular weight excluding hydrogens is 466 g/mol. The van der Waals surface area contributed by atoms with Crippen LogP contribution in [-0.2, 0) is 25.4 Å². The molecule has 1 aromatic rings. The van der Waals surface area contributed by atoms with Gasteiger partial charge < -0.3 is 29.3 Å². The van der Waals surface area contributed by atoms with Gasteiger partial charge in [-0.1, -0.05) is 26.3 Å². The number of aromatic nitrogens is 2. The fourth-order valence-electron chi connectivity index (χ4n) is 4.76. The third-order valence-electron chi connectivity index (χ3n) is 7.11. The van der Waals surface area contributed by atoms with E-state index >= 15 is 0 Å². The lowest BCUT2D eigenvalue weighted by Crippen LogP contribution is -2.62. The lowest BCUT2D eigenvalue weighted by atomic mass is 9.96. The minimum atomic E-state index is -1.19. The summed E-state index contributed by atoms with van der Waals surface area (Å²) >= 11 is 0. The van der Waals surface area contributed by atoms with Gasteiger partial charge in [0, 0.05) is 6.20 Å². The number of ketones is 1. The predicted molar refractivity (Wildman–Crippen MR) is 133 cm³/mol. The molecule has 10 nitrogen and oxygen atoms in total. The Balaban J connectivity index is 1.58. The second-order valence-electron chi connectivity index (χ2n) is 10.2. The molecule has 10 heteroatoms. The predicted octanol–water partition coefficient (Wildman–Crippen LogP) is 1.44. The zero-order valence-electron chi connectivity index (χ0n) is 22.1. The van der Waals surface area contributed by atoms with Crippen molar-refractivity contribution < 1.29 is 29.2 Å². The van der Waals surface area contributed by atoms with Gasteiger partial charge in [-0.25, -0.2) is 4.79 Å². The number of aliphatic hydroxyl groups excluding tert-OH is 2. The second kappa shape index (κ2) is 12.5. The zero-order valence-corrected chi connectivity index (χ0v) is 22.1. The van der Waals surface area contributed by atoms with Crippen LogP contribution in [0.1, 0.15) is 58.9 Å². The Hall–Kier alpha value is -1.95. The molecule has 1 aromatic heterocycles. The fourth-order valence-corrected chi connectivity index (χ4v) is 4.76. The van der Waals surface area contributed by atoms with Gasteiger partial charge in [0.2, 0.25) is 0 Å². The Kier molecular flexibility index (Phi) is 9.96. The molecule has 2 saturated heterocycles. The van der Waals surface area contributed by atoms with Crippen LogP contribution < -0.4 is 5.69 Å². The summed E-state index contributed by atoms with van der Waals surface area (Å²) < 4.78 is 19.4. The van der Waals surface area contributed by atoms with E-state index in [2.05, 4.69) is 11.9 Å². The molecule has 2 N–H and O–H groups in total. The zero-order chi connectivity index (χ0) is 26.6. The maximum Gasteiger partial charge on any atom is 0.349 e. The van der Waals surface area contributed by atoms with Crippen molar-refractivity contribution >= 4 is 5.78 Å². The summed E-state index contributed by atoms with van der Waals surface area (Å²) in [7, 11) is 3.65. The Morgan fingerprint density at radius 1 is 1.25 bits per heavy atom. The van der Waals surface area contributed by atoms with Gasteiger partial charge in [0.05, 0.1) is 36.5 Å². The van der Waals surface area contributed by atoms with Crippen LogP contribution >= 0.6 is 0 Å². The summed E-state index contributed by atoms with van der Waals surface area (Å²) in [5.41, 5.74) is -0.0484. The van der Waals surface area contributed by atoms with Crippen LogP contribution in [0.5, 0.6) is 0 Å². The second-order valence-corrected chi connectivity index (χ2v) is 10.2. The van der Waals surface area contributed by atoms with Crippen LogP contribution in [0.3, 0.4) is 0 Å². The van der Waals surface area contributed by atoms with Gasteiger partial charge in [-0.3, -0.25) is 9.36 Å². The number of likely N-dealkylation sites (N-methyl/N-ethyl adjacent to an activating group) is 1. The van der Waals surface area contributed by atoms with Gasteiger partial charge >= 0.3 is 5.69 Å². The molecule has 36 heavy (non-hydrogen) atoms. The monoisotopic (exact) mass is 507 g/mol. The highest BCUT2D eigenvalue weighted by molar-refractivity contribution is 5.91. The number of ether oxygens (including phenoxy) is 3. The molecule has 2 aliphatic rings. The number of aliphatic hydroxyl groups is 2. The van der Waals surface area contributed by atoms with Crippen LogP contribution in [0.25, 0.3) is 0 Å². The summed E-state index contributed by atoms with van der Waals surface area (Å²) in [5, 5.41) is 21.1. The molecule has 0 aliphatic carbocycles. The first-order valence-corrected chi connectivity index (χ1v) is 12.8. The van der Waals surface area contributed by atoms with Crippen molar-refractivity contribution in [1.29, 1.82) is 0 Å². The average molecular weight is 508 g/mol. The van der Waals surface area contributed by atoms with Gasteiger partial charge in [0.1, 0.15) is 18.4 Å². The molecular formula is C26H41N3O7. The Morgan fingerprint density at radius 3 is 2.58 bits per heavy atom. The van der Waals surface area contributed by atoms with E-state index in [9.17, 15) is 19.8 Å². The molecule has 2 aliphatic heterocycles. The van der Waals surface area contributed by atoms with Crippen molar-refractivity contribution in [2.24, 2.45) is 5.92 Å². The van der Waals surface area contributed by atoms with E-state index in [1.807, 2.05) is 45.8 Å². The van der Waals surface area contributed by atoms with E-state index in [0.29, 0.717) is 24.5 Å². The van der Waals surface area contributed by atoms with E-state index in [-0.39, 0.29) is 30.5 Å². The molecule has 3 rings (SSSR count). The minimum Gasteiger partial charge on any atom is -0.388 e. The third kappa shape index (κ3) is 6.87. The van der Waals surface area contributed by atoms with Crippen LogP contribution in [0.15, 0.2) is 29.2 Å². The quantitative estimate of drug-likeness (QED) is 0.478. The summed E-state index contributed by atoms with van der Waals surface area (Å²) in [6.45, 7) is 7.77. The molecule has 0 saturated carbocycles. The van der Waals surface area contributed by atoms with Gasteiger partial charge in [-0.05, 0) is 58.8 Å². The van der Waals surface area contributed by atoms with Crippen LogP contribution in [-0.4, -0.2) is 87.4 Å². The molecule has 9 unspecified atom stereocenters. The molecule has 202 valence electrons.